The molecule has 1 aromatic heterocycles. The van der Waals surface area contributed by atoms with Crippen molar-refractivity contribution in [2.45, 2.75) is 11.2 Å². The lowest BCUT2D eigenvalue weighted by Gasteiger charge is -2.08. The van der Waals surface area contributed by atoms with Crippen LogP contribution in [0, 0.1) is 0 Å². The van der Waals surface area contributed by atoms with Gasteiger partial charge in [0.1, 0.15) is 5.52 Å². The molecule has 1 aliphatic heterocycles. The van der Waals surface area contributed by atoms with Crippen LogP contribution in [0.5, 0.6) is 0 Å². The Labute approximate surface area is 111 Å². The zero-order valence-electron chi connectivity index (χ0n) is 8.69. The Morgan fingerprint density at radius 2 is 2.35 bits per heavy atom. The van der Waals surface area contributed by atoms with Crippen molar-refractivity contribution in [3.63, 3.8) is 0 Å². The molecule has 0 bridgehead atoms. The van der Waals surface area contributed by atoms with Crippen LogP contribution < -0.4 is 4.90 Å². The number of carbonyl (C=O) groups excluding carboxylic acids is 1. The number of benzene rings is 1. The lowest BCUT2D eigenvalue weighted by Crippen LogP contribution is -2.24. The maximum atomic E-state index is 11.7. The topological polar surface area (TPSA) is 46.3 Å². The summed E-state index contributed by atoms with van der Waals surface area (Å²) in [7, 11) is 0. The van der Waals surface area contributed by atoms with Gasteiger partial charge in [-0.25, -0.2) is 0 Å². The fourth-order valence-corrected chi connectivity index (χ4v) is 2.59. The van der Waals surface area contributed by atoms with E-state index < -0.39 is 0 Å². The summed E-state index contributed by atoms with van der Waals surface area (Å²) in [5.74, 6) is 0.0181. The number of aromatic nitrogens is 1. The highest BCUT2D eigenvalue weighted by Gasteiger charge is 2.31. The Morgan fingerprint density at radius 1 is 1.53 bits per heavy atom. The standard InChI is InChI=1S/C11H8BrClN2O2/c12-6-3-10(16)15(5-6)11-14-8-4-7(13)1-2-9(8)17-11/h1-2,4,6H,3,5H2. The Bertz CT molecular complexity index is 598. The van der Waals surface area contributed by atoms with Gasteiger partial charge in [-0.15, -0.1) is 0 Å². The maximum absolute atomic E-state index is 11.7. The van der Waals surface area contributed by atoms with Crippen LogP contribution in [0.4, 0.5) is 6.01 Å². The van der Waals surface area contributed by atoms with E-state index in [1.54, 1.807) is 23.1 Å². The molecule has 1 aromatic carbocycles. The fraction of sp³-hybridized carbons (Fsp3) is 0.273. The number of alkyl halides is 1. The van der Waals surface area contributed by atoms with E-state index in [-0.39, 0.29) is 10.7 Å². The first-order valence-electron chi connectivity index (χ1n) is 5.14. The minimum atomic E-state index is 0.0181. The number of fused-ring (bicyclic) bond motifs is 1. The van der Waals surface area contributed by atoms with Gasteiger partial charge in [0.05, 0.1) is 0 Å². The summed E-state index contributed by atoms with van der Waals surface area (Å²) in [6, 6.07) is 5.54. The minimum absolute atomic E-state index is 0.0181. The van der Waals surface area contributed by atoms with E-state index in [0.717, 1.165) is 0 Å². The molecule has 1 aliphatic rings. The van der Waals surface area contributed by atoms with Gasteiger partial charge in [0.25, 0.3) is 0 Å². The predicted octanol–water partition coefficient (Wildman–Crippen LogP) is 2.98. The van der Waals surface area contributed by atoms with Crippen LogP contribution >= 0.6 is 27.5 Å². The lowest BCUT2D eigenvalue weighted by atomic mass is 10.3. The SMILES string of the molecule is O=C1CC(Br)CN1c1nc2cc(Cl)ccc2o1. The summed E-state index contributed by atoms with van der Waals surface area (Å²) >= 11 is 9.29. The third-order valence-corrected chi connectivity index (χ3v) is 3.50. The monoisotopic (exact) mass is 314 g/mol. The third-order valence-electron chi connectivity index (χ3n) is 2.65. The van der Waals surface area contributed by atoms with E-state index in [9.17, 15) is 4.79 Å². The number of hydrogen-bond donors (Lipinski definition) is 0. The summed E-state index contributed by atoms with van der Waals surface area (Å²) in [5, 5.41) is 0.600. The zero-order chi connectivity index (χ0) is 12.0. The van der Waals surface area contributed by atoms with Gasteiger partial charge in [-0.2, -0.15) is 4.98 Å². The van der Waals surface area contributed by atoms with E-state index in [2.05, 4.69) is 20.9 Å². The first-order chi connectivity index (χ1) is 8.13. The summed E-state index contributed by atoms with van der Waals surface area (Å²) in [6.07, 6.45) is 0.472. The molecule has 1 unspecified atom stereocenters. The zero-order valence-corrected chi connectivity index (χ0v) is 11.0. The van der Waals surface area contributed by atoms with Gasteiger partial charge in [-0.1, -0.05) is 27.5 Å². The van der Waals surface area contributed by atoms with Gasteiger partial charge in [0.2, 0.25) is 5.91 Å². The molecule has 1 saturated heterocycles. The molecule has 0 spiro atoms. The Morgan fingerprint density at radius 3 is 3.06 bits per heavy atom. The Kier molecular flexibility index (Phi) is 2.60. The number of amides is 1. The molecule has 0 aliphatic carbocycles. The van der Waals surface area contributed by atoms with Crippen molar-refractivity contribution in [2.24, 2.45) is 0 Å². The van der Waals surface area contributed by atoms with Gasteiger partial charge in [0.15, 0.2) is 5.58 Å². The van der Waals surface area contributed by atoms with E-state index >= 15 is 0 Å². The number of oxazole rings is 1. The average molecular weight is 316 g/mol. The summed E-state index contributed by atoms with van der Waals surface area (Å²) in [4.78, 5) is 17.7. The number of carbonyl (C=O) groups is 1. The van der Waals surface area contributed by atoms with Crippen molar-refractivity contribution < 1.29 is 9.21 Å². The average Bonchev–Trinajstić information content (AvgIpc) is 2.80. The second-order valence-electron chi connectivity index (χ2n) is 3.91. The second-order valence-corrected chi connectivity index (χ2v) is 5.65. The van der Waals surface area contributed by atoms with Crippen LogP contribution in [0.25, 0.3) is 11.1 Å². The van der Waals surface area contributed by atoms with Crippen molar-refractivity contribution in [1.29, 1.82) is 0 Å². The van der Waals surface area contributed by atoms with Crippen LogP contribution in [-0.4, -0.2) is 22.3 Å². The van der Waals surface area contributed by atoms with E-state index in [1.807, 2.05) is 0 Å². The molecule has 1 atom stereocenters. The van der Waals surface area contributed by atoms with Crippen molar-refractivity contribution in [3.8, 4) is 0 Å². The van der Waals surface area contributed by atoms with Gasteiger partial charge < -0.3 is 4.42 Å². The van der Waals surface area contributed by atoms with Crippen molar-refractivity contribution in [1.82, 2.24) is 4.98 Å². The van der Waals surface area contributed by atoms with Gasteiger partial charge in [-0.3, -0.25) is 9.69 Å². The van der Waals surface area contributed by atoms with E-state index in [1.165, 1.54) is 0 Å². The van der Waals surface area contributed by atoms with Crippen molar-refractivity contribution >= 4 is 50.6 Å². The molecule has 88 valence electrons. The molecule has 2 heterocycles. The molecular formula is C11H8BrClN2O2. The molecule has 3 rings (SSSR count). The number of hydrogen-bond acceptors (Lipinski definition) is 3. The largest absolute Gasteiger partial charge is 0.423 e. The highest BCUT2D eigenvalue weighted by molar-refractivity contribution is 9.09. The molecule has 0 N–H and O–H groups in total. The summed E-state index contributed by atoms with van der Waals surface area (Å²) < 4.78 is 5.54. The first kappa shape index (κ1) is 11.0. The smallest absolute Gasteiger partial charge is 0.305 e. The fourth-order valence-electron chi connectivity index (χ4n) is 1.85. The van der Waals surface area contributed by atoms with E-state index in [0.29, 0.717) is 35.1 Å². The number of rotatable bonds is 1. The van der Waals surface area contributed by atoms with Gasteiger partial charge in [0, 0.05) is 22.8 Å². The van der Waals surface area contributed by atoms with Gasteiger partial charge in [-0.05, 0) is 18.2 Å². The van der Waals surface area contributed by atoms with Crippen LogP contribution in [-0.2, 0) is 4.79 Å². The maximum Gasteiger partial charge on any atom is 0.305 e. The lowest BCUT2D eigenvalue weighted by molar-refractivity contribution is -0.117. The first-order valence-corrected chi connectivity index (χ1v) is 6.43. The van der Waals surface area contributed by atoms with Crippen LogP contribution in [0.3, 0.4) is 0 Å². The molecule has 17 heavy (non-hydrogen) atoms. The molecule has 1 fully saturated rings. The Hall–Kier alpha value is -1.07. The molecule has 1 amide bonds. The molecule has 2 aromatic rings. The van der Waals surface area contributed by atoms with Crippen LogP contribution in [0.15, 0.2) is 22.6 Å². The highest BCUT2D eigenvalue weighted by Crippen LogP contribution is 2.28. The predicted molar refractivity (Wildman–Crippen MR) is 68.7 cm³/mol. The molecular weight excluding hydrogens is 307 g/mol. The second kappa shape index (κ2) is 3.99. The Balaban J connectivity index is 2.03. The number of halogens is 2. The molecule has 4 nitrogen and oxygen atoms in total. The van der Waals surface area contributed by atoms with Crippen LogP contribution in [0.2, 0.25) is 5.02 Å². The summed E-state index contributed by atoms with van der Waals surface area (Å²) in [5.41, 5.74) is 1.30. The van der Waals surface area contributed by atoms with E-state index in [4.69, 9.17) is 16.0 Å². The molecule has 0 radical (unpaired) electrons. The number of nitrogens with zero attached hydrogens (tertiary/aromatic N) is 2. The minimum Gasteiger partial charge on any atom is -0.423 e. The molecule has 6 heteroatoms. The summed E-state index contributed by atoms with van der Waals surface area (Å²) in [6.45, 7) is 0.583. The third kappa shape index (κ3) is 1.93. The van der Waals surface area contributed by atoms with Crippen LogP contribution in [0.1, 0.15) is 6.42 Å². The number of anilines is 1. The van der Waals surface area contributed by atoms with Crippen molar-refractivity contribution in [2.75, 3.05) is 11.4 Å². The molecule has 0 saturated carbocycles. The highest BCUT2D eigenvalue weighted by atomic mass is 79.9. The quantitative estimate of drug-likeness (QED) is 0.760. The van der Waals surface area contributed by atoms with Gasteiger partial charge >= 0.3 is 6.01 Å². The normalized spacial score (nSPS) is 20.5. The van der Waals surface area contributed by atoms with Crippen molar-refractivity contribution in [3.05, 3.63) is 23.2 Å².